The lowest BCUT2D eigenvalue weighted by Gasteiger charge is -2.01. The van der Waals surface area contributed by atoms with Crippen LogP contribution in [-0.4, -0.2) is 21.3 Å². The van der Waals surface area contributed by atoms with Crippen molar-refractivity contribution in [3.63, 3.8) is 0 Å². The molecule has 0 saturated carbocycles. The first-order chi connectivity index (χ1) is 9.54. The van der Waals surface area contributed by atoms with Crippen LogP contribution in [0.3, 0.4) is 0 Å². The Labute approximate surface area is 120 Å². The molecule has 0 aliphatic carbocycles. The fourth-order valence-electron chi connectivity index (χ4n) is 1.95. The van der Waals surface area contributed by atoms with E-state index < -0.39 is 17.1 Å². The molecule has 0 saturated heterocycles. The third-order valence-corrected chi connectivity index (χ3v) is 3.36. The molecule has 2 heterocycles. The molecule has 1 aliphatic rings. The van der Waals surface area contributed by atoms with Crippen molar-refractivity contribution in [3.05, 3.63) is 54.6 Å². The first-order valence-corrected chi connectivity index (χ1v) is 6.45. The highest BCUT2D eigenvalue weighted by atomic mass is 79.9. The summed E-state index contributed by atoms with van der Waals surface area (Å²) in [5, 5.41) is 9.66. The van der Waals surface area contributed by atoms with Gasteiger partial charge < -0.3 is 5.11 Å². The normalized spacial score (nSPS) is 14.8. The number of aliphatic imine (C=N–C) groups is 1. The molecule has 1 aromatic heterocycles. The summed E-state index contributed by atoms with van der Waals surface area (Å²) in [5.41, 5.74) is 0.866. The summed E-state index contributed by atoms with van der Waals surface area (Å²) in [6.07, 6.45) is 3.08. The maximum absolute atomic E-state index is 11.7. The van der Waals surface area contributed by atoms with Gasteiger partial charge in [-0.15, -0.1) is 0 Å². The van der Waals surface area contributed by atoms with Gasteiger partial charge in [0.15, 0.2) is 0 Å². The average Bonchev–Trinajstić information content (AvgIpc) is 2.76. The molecule has 7 heteroatoms. The Morgan fingerprint density at radius 1 is 1.25 bits per heavy atom. The van der Waals surface area contributed by atoms with Gasteiger partial charge in [-0.3, -0.25) is 19.8 Å². The van der Waals surface area contributed by atoms with Crippen molar-refractivity contribution in [2.24, 2.45) is 4.99 Å². The summed E-state index contributed by atoms with van der Waals surface area (Å²) in [6.45, 7) is 0. The molecule has 3 rings (SSSR count). The Balaban J connectivity index is 2.18. The van der Waals surface area contributed by atoms with E-state index in [0.29, 0.717) is 5.57 Å². The molecule has 2 aromatic rings. The molecule has 0 atom stereocenters. The lowest BCUT2D eigenvalue weighted by atomic mass is 10.1. The Morgan fingerprint density at radius 2 is 2.05 bits per heavy atom. The van der Waals surface area contributed by atoms with Crippen molar-refractivity contribution in [1.82, 2.24) is 9.97 Å². The minimum atomic E-state index is -0.752. The molecule has 0 radical (unpaired) electrons. The van der Waals surface area contributed by atoms with E-state index >= 15 is 0 Å². The SMILES string of the molecule is O=c1[nH]c(O)c(C=C2C=Nc3ccc(Br)cc32)c(=O)[nH]1. The van der Waals surface area contributed by atoms with Crippen molar-refractivity contribution in [3.8, 4) is 5.88 Å². The van der Waals surface area contributed by atoms with E-state index in [1.165, 1.54) is 6.08 Å². The highest BCUT2D eigenvalue weighted by molar-refractivity contribution is 9.10. The summed E-state index contributed by atoms with van der Waals surface area (Å²) in [5.74, 6) is -0.469. The van der Waals surface area contributed by atoms with E-state index in [4.69, 9.17) is 0 Å². The zero-order chi connectivity index (χ0) is 14.3. The van der Waals surface area contributed by atoms with Gasteiger partial charge in [-0.25, -0.2) is 4.79 Å². The number of nitrogens with one attached hydrogen (secondary N) is 2. The molecular formula is C13H8BrN3O3. The first-order valence-electron chi connectivity index (χ1n) is 5.66. The molecule has 0 bridgehead atoms. The maximum atomic E-state index is 11.7. The van der Waals surface area contributed by atoms with Crippen LogP contribution < -0.4 is 11.2 Å². The molecule has 20 heavy (non-hydrogen) atoms. The van der Waals surface area contributed by atoms with Gasteiger partial charge in [0.1, 0.15) is 5.56 Å². The van der Waals surface area contributed by atoms with Gasteiger partial charge in [-0.1, -0.05) is 15.9 Å². The Bertz CT molecular complexity index is 877. The van der Waals surface area contributed by atoms with Gasteiger partial charge in [0.2, 0.25) is 5.88 Å². The van der Waals surface area contributed by atoms with E-state index in [2.05, 4.69) is 30.9 Å². The number of aromatic nitrogens is 2. The first kappa shape index (κ1) is 12.6. The van der Waals surface area contributed by atoms with Crippen molar-refractivity contribution >= 4 is 39.5 Å². The zero-order valence-corrected chi connectivity index (χ0v) is 11.6. The molecule has 1 aromatic carbocycles. The van der Waals surface area contributed by atoms with Crippen LogP contribution in [0.15, 0.2) is 37.3 Å². The van der Waals surface area contributed by atoms with E-state index in [9.17, 15) is 14.7 Å². The predicted octanol–water partition coefficient (Wildman–Crippen LogP) is 1.79. The molecule has 100 valence electrons. The zero-order valence-electron chi connectivity index (χ0n) is 9.98. The Kier molecular flexibility index (Phi) is 2.90. The van der Waals surface area contributed by atoms with Gasteiger partial charge >= 0.3 is 5.69 Å². The van der Waals surface area contributed by atoms with Crippen LogP contribution in [0.2, 0.25) is 0 Å². The molecule has 6 nitrogen and oxygen atoms in total. The second kappa shape index (κ2) is 4.61. The van der Waals surface area contributed by atoms with Gasteiger partial charge in [-0.2, -0.15) is 0 Å². The number of aromatic hydroxyl groups is 1. The summed E-state index contributed by atoms with van der Waals surface area (Å²) in [6, 6.07) is 5.57. The second-order valence-electron chi connectivity index (χ2n) is 4.19. The number of hydrogen-bond donors (Lipinski definition) is 3. The minimum Gasteiger partial charge on any atom is -0.494 e. The molecule has 1 aliphatic heterocycles. The van der Waals surface area contributed by atoms with Crippen molar-refractivity contribution < 1.29 is 5.11 Å². The summed E-state index contributed by atoms with van der Waals surface area (Å²) < 4.78 is 0.882. The molecule has 0 unspecified atom stereocenters. The smallest absolute Gasteiger partial charge is 0.328 e. The van der Waals surface area contributed by atoms with Gasteiger partial charge in [0.05, 0.1) is 5.69 Å². The van der Waals surface area contributed by atoms with Crippen LogP contribution in [0.4, 0.5) is 5.69 Å². The van der Waals surface area contributed by atoms with E-state index in [1.807, 2.05) is 18.2 Å². The van der Waals surface area contributed by atoms with Gasteiger partial charge in [0, 0.05) is 21.8 Å². The maximum Gasteiger partial charge on any atom is 0.328 e. The van der Waals surface area contributed by atoms with Crippen molar-refractivity contribution in [1.29, 1.82) is 0 Å². The van der Waals surface area contributed by atoms with Gasteiger partial charge in [0.25, 0.3) is 5.56 Å². The fraction of sp³-hybridized carbons (Fsp3) is 0. The number of nitrogens with zero attached hydrogens (tertiary/aromatic N) is 1. The number of aromatic amines is 2. The summed E-state index contributed by atoms with van der Waals surface area (Å²) in [4.78, 5) is 31.1. The van der Waals surface area contributed by atoms with Crippen LogP contribution in [-0.2, 0) is 0 Å². The number of fused-ring (bicyclic) bond motifs is 1. The second-order valence-corrected chi connectivity index (χ2v) is 5.11. The number of hydrogen-bond acceptors (Lipinski definition) is 4. The quantitative estimate of drug-likeness (QED) is 0.741. The molecular weight excluding hydrogens is 326 g/mol. The highest BCUT2D eigenvalue weighted by Crippen LogP contribution is 2.34. The minimum absolute atomic E-state index is 0.0149. The topological polar surface area (TPSA) is 98.3 Å². The lowest BCUT2D eigenvalue weighted by Crippen LogP contribution is -2.23. The predicted molar refractivity (Wildman–Crippen MR) is 79.5 cm³/mol. The van der Waals surface area contributed by atoms with E-state index in [1.54, 1.807) is 6.21 Å². The molecule has 0 fully saturated rings. The van der Waals surface area contributed by atoms with E-state index in [0.717, 1.165) is 15.7 Å². The van der Waals surface area contributed by atoms with Gasteiger partial charge in [-0.05, 0) is 24.3 Å². The summed E-state index contributed by atoms with van der Waals surface area (Å²) in [7, 11) is 0. The molecule has 3 N–H and O–H groups in total. The average molecular weight is 334 g/mol. The standard InChI is InChI=1S/C13H8BrN3O3/c14-7-1-2-10-8(4-7)6(5-15-10)3-9-11(18)16-13(20)17-12(9)19/h1-5H,(H3,16,17,18,19,20). The lowest BCUT2D eigenvalue weighted by molar-refractivity contribution is 0.447. The van der Waals surface area contributed by atoms with Crippen LogP contribution in [0.25, 0.3) is 11.6 Å². The number of allylic oxidation sites excluding steroid dienone is 1. The van der Waals surface area contributed by atoms with Crippen LogP contribution >= 0.6 is 15.9 Å². The fourth-order valence-corrected chi connectivity index (χ4v) is 2.31. The number of rotatable bonds is 1. The number of benzene rings is 1. The Morgan fingerprint density at radius 3 is 2.80 bits per heavy atom. The number of H-pyrrole nitrogens is 2. The van der Waals surface area contributed by atoms with Crippen molar-refractivity contribution in [2.75, 3.05) is 0 Å². The third kappa shape index (κ3) is 2.12. The highest BCUT2D eigenvalue weighted by Gasteiger charge is 2.14. The van der Waals surface area contributed by atoms with Crippen molar-refractivity contribution in [2.45, 2.75) is 0 Å². The Hall–Kier alpha value is -2.41. The summed E-state index contributed by atoms with van der Waals surface area (Å²) >= 11 is 3.37. The molecule has 0 spiro atoms. The third-order valence-electron chi connectivity index (χ3n) is 2.87. The monoisotopic (exact) mass is 333 g/mol. The van der Waals surface area contributed by atoms with Crippen LogP contribution in [0.1, 0.15) is 11.1 Å². The molecule has 0 amide bonds. The van der Waals surface area contributed by atoms with Crippen LogP contribution in [0, 0.1) is 0 Å². The van der Waals surface area contributed by atoms with Crippen LogP contribution in [0.5, 0.6) is 5.88 Å². The number of halogens is 1. The van der Waals surface area contributed by atoms with E-state index in [-0.39, 0.29) is 5.56 Å². The largest absolute Gasteiger partial charge is 0.494 e.